The molecule has 1 saturated carbocycles. The number of para-hydroxylation sites is 2. The summed E-state index contributed by atoms with van der Waals surface area (Å²) in [6, 6.07) is 25.0. The Labute approximate surface area is 217 Å². The fraction of sp³-hybridized carbons (Fsp3) is 0.355. The van der Waals surface area contributed by atoms with Gasteiger partial charge in [0.05, 0.1) is 36.1 Å². The Bertz CT molecular complexity index is 1370. The highest BCUT2D eigenvalue weighted by molar-refractivity contribution is 5.84. The Morgan fingerprint density at radius 3 is 2.27 bits per heavy atom. The number of H-pyrrole nitrogens is 1. The Balaban J connectivity index is 1.40. The van der Waals surface area contributed by atoms with Gasteiger partial charge in [0, 0.05) is 0 Å². The summed E-state index contributed by atoms with van der Waals surface area (Å²) in [4.78, 5) is 29.2. The number of benzene rings is 3. The van der Waals surface area contributed by atoms with Gasteiger partial charge in [0.25, 0.3) is 0 Å². The molecule has 2 atom stereocenters. The summed E-state index contributed by atoms with van der Waals surface area (Å²) in [7, 11) is 0. The molecule has 1 amide bonds. The Hall–Kier alpha value is -3.64. The molecule has 1 aromatic heterocycles. The number of nitrogens with zero attached hydrogens (tertiary/aromatic N) is 1. The summed E-state index contributed by atoms with van der Waals surface area (Å²) >= 11 is 0. The average Bonchev–Trinajstić information content (AvgIpc) is 3.07. The van der Waals surface area contributed by atoms with Crippen LogP contribution in [-0.4, -0.2) is 27.2 Å². The van der Waals surface area contributed by atoms with E-state index in [-0.39, 0.29) is 30.0 Å². The summed E-state index contributed by atoms with van der Waals surface area (Å²) in [6.45, 7) is 0.315. The summed E-state index contributed by atoms with van der Waals surface area (Å²) in [5.74, 6) is -0.0455. The zero-order valence-corrected chi connectivity index (χ0v) is 21.1. The van der Waals surface area contributed by atoms with Gasteiger partial charge in [-0.15, -0.1) is 0 Å². The molecule has 1 aliphatic rings. The van der Waals surface area contributed by atoms with Crippen molar-refractivity contribution in [3.05, 3.63) is 106 Å². The second kappa shape index (κ2) is 11.6. The molecule has 1 fully saturated rings. The lowest BCUT2D eigenvalue weighted by Crippen LogP contribution is -2.37. The van der Waals surface area contributed by atoms with E-state index in [9.17, 15) is 14.7 Å². The first-order valence-corrected chi connectivity index (χ1v) is 13.4. The average molecular weight is 498 g/mol. The molecule has 0 aliphatic heterocycles. The molecule has 5 rings (SSSR count). The van der Waals surface area contributed by atoms with Crippen LogP contribution >= 0.6 is 0 Å². The van der Waals surface area contributed by atoms with Crippen molar-refractivity contribution in [3.8, 4) is 0 Å². The van der Waals surface area contributed by atoms with E-state index in [0.717, 1.165) is 53.4 Å². The molecule has 1 unspecified atom stereocenters. The number of aliphatic hydroxyl groups is 1. The van der Waals surface area contributed by atoms with Crippen LogP contribution in [0.1, 0.15) is 67.2 Å². The predicted molar refractivity (Wildman–Crippen MR) is 146 cm³/mol. The smallest absolute Gasteiger partial charge is 0.326 e. The zero-order valence-electron chi connectivity index (χ0n) is 21.1. The molecule has 0 bridgehead atoms. The highest BCUT2D eigenvalue weighted by atomic mass is 16.3. The maximum absolute atomic E-state index is 13.8. The van der Waals surface area contributed by atoms with E-state index in [0.29, 0.717) is 6.54 Å². The van der Waals surface area contributed by atoms with E-state index in [1.807, 2.05) is 78.9 Å². The summed E-state index contributed by atoms with van der Waals surface area (Å²) < 4.78 is 1.74. The van der Waals surface area contributed by atoms with Crippen molar-refractivity contribution in [2.45, 2.75) is 57.0 Å². The topological polar surface area (TPSA) is 87.1 Å². The number of hydrogen-bond donors (Lipinski definition) is 3. The van der Waals surface area contributed by atoms with E-state index in [4.69, 9.17) is 0 Å². The first kappa shape index (κ1) is 25.0. The van der Waals surface area contributed by atoms with Crippen molar-refractivity contribution < 1.29 is 9.90 Å². The number of fused-ring (bicyclic) bond motifs is 1. The molecule has 1 heterocycles. The van der Waals surface area contributed by atoms with Gasteiger partial charge < -0.3 is 15.4 Å². The molecule has 4 aromatic rings. The van der Waals surface area contributed by atoms with Gasteiger partial charge in [-0.05, 0) is 47.6 Å². The molecule has 6 nitrogen and oxygen atoms in total. The fourth-order valence-corrected chi connectivity index (χ4v) is 5.74. The first-order chi connectivity index (χ1) is 18.1. The predicted octanol–water partition coefficient (Wildman–Crippen LogP) is 5.28. The van der Waals surface area contributed by atoms with Gasteiger partial charge in [0.1, 0.15) is 0 Å². The summed E-state index contributed by atoms with van der Waals surface area (Å²) in [6.07, 6.45) is 6.76. The van der Waals surface area contributed by atoms with E-state index in [2.05, 4.69) is 10.3 Å². The maximum atomic E-state index is 13.8. The molecular formula is C31H35N3O3. The van der Waals surface area contributed by atoms with Crippen LogP contribution in [0.3, 0.4) is 0 Å². The molecule has 0 radical (unpaired) electrons. The third-order valence-corrected chi connectivity index (χ3v) is 7.72. The molecular weight excluding hydrogens is 462 g/mol. The SMILES string of the molecule is O=C(N[C@@H](CO)c1ccccc1)C(c1ccc(Cn2c(=O)[nH]c3ccccc32)cc1)C1CCCCCC1. The van der Waals surface area contributed by atoms with E-state index in [1.165, 1.54) is 12.8 Å². The summed E-state index contributed by atoms with van der Waals surface area (Å²) in [5, 5.41) is 13.2. The van der Waals surface area contributed by atoms with E-state index >= 15 is 0 Å². The Morgan fingerprint density at radius 2 is 1.57 bits per heavy atom. The van der Waals surface area contributed by atoms with Crippen LogP contribution in [-0.2, 0) is 11.3 Å². The molecule has 192 valence electrons. The zero-order chi connectivity index (χ0) is 25.6. The van der Waals surface area contributed by atoms with Gasteiger partial charge in [-0.25, -0.2) is 4.79 Å². The second-order valence-corrected chi connectivity index (χ2v) is 10.2. The number of imidazole rings is 1. The third-order valence-electron chi connectivity index (χ3n) is 7.72. The van der Waals surface area contributed by atoms with E-state index in [1.54, 1.807) is 4.57 Å². The number of rotatable bonds is 8. The van der Waals surface area contributed by atoms with Crippen molar-refractivity contribution in [2.24, 2.45) is 5.92 Å². The number of amides is 1. The highest BCUT2D eigenvalue weighted by Gasteiger charge is 2.31. The van der Waals surface area contributed by atoms with Crippen LogP contribution in [0.2, 0.25) is 0 Å². The minimum absolute atomic E-state index is 0.0320. The van der Waals surface area contributed by atoms with Gasteiger partial charge in [0.15, 0.2) is 0 Å². The van der Waals surface area contributed by atoms with Gasteiger partial charge in [-0.2, -0.15) is 0 Å². The van der Waals surface area contributed by atoms with Crippen molar-refractivity contribution in [1.29, 1.82) is 0 Å². The molecule has 37 heavy (non-hydrogen) atoms. The molecule has 3 aromatic carbocycles. The number of hydrogen-bond acceptors (Lipinski definition) is 3. The highest BCUT2D eigenvalue weighted by Crippen LogP contribution is 2.36. The lowest BCUT2D eigenvalue weighted by molar-refractivity contribution is -0.125. The van der Waals surface area contributed by atoms with E-state index < -0.39 is 6.04 Å². The number of aromatic nitrogens is 2. The van der Waals surface area contributed by atoms with Gasteiger partial charge >= 0.3 is 5.69 Å². The fourth-order valence-electron chi connectivity index (χ4n) is 5.74. The molecule has 1 aliphatic carbocycles. The second-order valence-electron chi connectivity index (χ2n) is 10.2. The van der Waals surface area contributed by atoms with Gasteiger partial charge in [0.2, 0.25) is 5.91 Å². The molecule has 3 N–H and O–H groups in total. The van der Waals surface area contributed by atoms with Crippen LogP contribution in [0, 0.1) is 5.92 Å². The quantitative estimate of drug-likeness (QED) is 0.289. The van der Waals surface area contributed by atoms with Crippen LogP contribution < -0.4 is 11.0 Å². The van der Waals surface area contributed by atoms with Crippen molar-refractivity contribution in [2.75, 3.05) is 6.61 Å². The standard InChI is InChI=1S/C31H35N3O3/c35-21-27(23-10-6-3-7-11-23)32-30(36)29(24-12-4-1-2-5-13-24)25-18-16-22(17-19-25)20-34-28-15-9-8-14-26(28)33-31(34)37/h3,6-11,14-19,24,27,29,35H,1-2,4-5,12-13,20-21H2,(H,32,36)(H,33,37)/t27-,29?/m0/s1. The largest absolute Gasteiger partial charge is 0.394 e. The summed E-state index contributed by atoms with van der Waals surface area (Å²) in [5.41, 5.74) is 4.47. The van der Waals surface area contributed by atoms with Crippen LogP contribution in [0.4, 0.5) is 0 Å². The van der Waals surface area contributed by atoms with Crippen molar-refractivity contribution >= 4 is 16.9 Å². The molecule has 0 saturated heterocycles. The van der Waals surface area contributed by atoms with Crippen molar-refractivity contribution in [3.63, 3.8) is 0 Å². The lowest BCUT2D eigenvalue weighted by atomic mass is 9.80. The van der Waals surface area contributed by atoms with Gasteiger partial charge in [-0.1, -0.05) is 92.4 Å². The third kappa shape index (κ3) is 5.70. The number of carbonyl (C=O) groups excluding carboxylic acids is 1. The maximum Gasteiger partial charge on any atom is 0.326 e. The van der Waals surface area contributed by atoms with Crippen LogP contribution in [0.25, 0.3) is 11.0 Å². The van der Waals surface area contributed by atoms with Crippen LogP contribution in [0.15, 0.2) is 83.7 Å². The van der Waals surface area contributed by atoms with Crippen LogP contribution in [0.5, 0.6) is 0 Å². The number of carbonyl (C=O) groups is 1. The normalized spacial score (nSPS) is 16.2. The molecule has 6 heteroatoms. The van der Waals surface area contributed by atoms with Gasteiger partial charge in [-0.3, -0.25) is 9.36 Å². The Kier molecular flexibility index (Phi) is 7.85. The number of aromatic amines is 1. The first-order valence-electron chi connectivity index (χ1n) is 13.4. The lowest BCUT2D eigenvalue weighted by Gasteiger charge is -2.28. The number of nitrogens with one attached hydrogen (secondary N) is 2. The molecule has 0 spiro atoms. The minimum Gasteiger partial charge on any atom is -0.394 e. The van der Waals surface area contributed by atoms with Crippen molar-refractivity contribution in [1.82, 2.24) is 14.9 Å². The monoisotopic (exact) mass is 497 g/mol. The minimum atomic E-state index is -0.435. The number of aliphatic hydroxyl groups excluding tert-OH is 1. The Morgan fingerprint density at radius 1 is 0.892 bits per heavy atom.